The van der Waals surface area contributed by atoms with Gasteiger partial charge in [-0.1, -0.05) is 55.5 Å². The third-order valence-electron chi connectivity index (χ3n) is 5.91. The Hall–Kier alpha value is -4.35. The van der Waals surface area contributed by atoms with Crippen molar-refractivity contribution >= 4 is 11.2 Å². The minimum Gasteiger partial charge on any atom is -0.308 e. The summed E-state index contributed by atoms with van der Waals surface area (Å²) in [5.41, 5.74) is 2.46. The highest BCUT2D eigenvalue weighted by atomic mass is 19.4. The van der Waals surface area contributed by atoms with E-state index in [1.807, 2.05) is 55.5 Å². The molecule has 9 nitrogen and oxygen atoms in total. The van der Waals surface area contributed by atoms with Gasteiger partial charge in [-0.25, -0.2) is 9.97 Å². The van der Waals surface area contributed by atoms with E-state index in [2.05, 4.69) is 30.6 Å². The van der Waals surface area contributed by atoms with Crippen LogP contribution in [0.5, 0.6) is 0 Å². The Morgan fingerprint density at radius 3 is 2.36 bits per heavy atom. The number of nitrogens with zero attached hydrogens (tertiary/aromatic N) is 7. The molecule has 36 heavy (non-hydrogen) atoms. The predicted molar refractivity (Wildman–Crippen MR) is 126 cm³/mol. The molecule has 0 aliphatic rings. The maximum Gasteiger partial charge on any atom is 0.449 e. The Labute approximate surface area is 202 Å². The van der Waals surface area contributed by atoms with Gasteiger partial charge in [-0.2, -0.15) is 18.4 Å². The molecule has 3 aromatic heterocycles. The van der Waals surface area contributed by atoms with Crippen LogP contribution >= 0.6 is 0 Å². The van der Waals surface area contributed by atoms with Crippen LogP contribution in [-0.2, 0) is 26.2 Å². The number of H-pyrrole nitrogens is 1. The number of tetrazole rings is 1. The first-order valence-electron chi connectivity index (χ1n) is 11.2. The van der Waals surface area contributed by atoms with Gasteiger partial charge in [0.2, 0.25) is 11.6 Å². The number of aromatic nitrogens is 8. The highest BCUT2D eigenvalue weighted by Gasteiger charge is 2.37. The molecule has 0 fully saturated rings. The van der Waals surface area contributed by atoms with Gasteiger partial charge >= 0.3 is 6.18 Å². The molecule has 0 amide bonds. The van der Waals surface area contributed by atoms with Crippen molar-refractivity contribution in [2.24, 2.45) is 7.05 Å². The molecule has 2 aromatic carbocycles. The normalized spacial score (nSPS) is 11.9. The van der Waals surface area contributed by atoms with E-state index in [0.717, 1.165) is 26.8 Å². The molecule has 0 saturated heterocycles. The number of aromatic amines is 1. The second-order valence-electron chi connectivity index (χ2n) is 8.31. The van der Waals surface area contributed by atoms with E-state index >= 15 is 0 Å². The standard InChI is InChI=1S/C24H21F3N8O/c1-3-6-18-28-21-19(29-23(34(21)2)24(25,26)27)22(36)35(18)13-14-9-11-15(12-10-14)16-7-4-5-8-17(16)20-30-32-33-31-20/h4-5,7-12H,3,6,13H2,1-2H3,(H,30,31,32,33). The molecular weight excluding hydrogens is 473 g/mol. The van der Waals surface area contributed by atoms with Gasteiger partial charge in [-0.05, 0) is 28.3 Å². The van der Waals surface area contributed by atoms with Gasteiger partial charge in [0.05, 0.1) is 6.54 Å². The molecule has 0 saturated carbocycles. The SMILES string of the molecule is CCCc1nc2c(nc(C(F)(F)F)n2C)c(=O)n1Cc1ccc(-c2ccccc2-c2nn[nH]n2)cc1. The number of rotatable bonds is 6. The highest BCUT2D eigenvalue weighted by molar-refractivity contribution is 5.80. The first-order chi connectivity index (χ1) is 17.3. The summed E-state index contributed by atoms with van der Waals surface area (Å²) in [6.45, 7) is 2.07. The molecular formula is C24H21F3N8O. The fraction of sp³-hybridized carbons (Fsp3) is 0.250. The third-order valence-corrected chi connectivity index (χ3v) is 5.91. The predicted octanol–water partition coefficient (Wildman–Crippen LogP) is 4.00. The molecule has 0 aliphatic heterocycles. The van der Waals surface area contributed by atoms with Crippen LogP contribution in [0, 0.1) is 0 Å². The lowest BCUT2D eigenvalue weighted by Crippen LogP contribution is -2.26. The van der Waals surface area contributed by atoms with Crippen molar-refractivity contribution in [3.05, 3.63) is 76.1 Å². The fourth-order valence-electron chi connectivity index (χ4n) is 4.20. The van der Waals surface area contributed by atoms with Crippen LogP contribution < -0.4 is 5.56 Å². The number of imidazole rings is 1. The Bertz CT molecular complexity index is 1590. The van der Waals surface area contributed by atoms with Crippen molar-refractivity contribution < 1.29 is 13.2 Å². The molecule has 5 aromatic rings. The van der Waals surface area contributed by atoms with Gasteiger partial charge in [-0.15, -0.1) is 10.2 Å². The molecule has 0 atom stereocenters. The van der Waals surface area contributed by atoms with Gasteiger partial charge in [0, 0.05) is 19.0 Å². The Morgan fingerprint density at radius 2 is 1.72 bits per heavy atom. The number of hydrogen-bond acceptors (Lipinski definition) is 6. The lowest BCUT2D eigenvalue weighted by molar-refractivity contribution is -0.146. The molecule has 1 N–H and O–H groups in total. The van der Waals surface area contributed by atoms with Crippen molar-refractivity contribution in [2.75, 3.05) is 0 Å². The van der Waals surface area contributed by atoms with Crippen molar-refractivity contribution in [3.63, 3.8) is 0 Å². The zero-order valence-electron chi connectivity index (χ0n) is 19.4. The van der Waals surface area contributed by atoms with Crippen LogP contribution in [0.3, 0.4) is 0 Å². The number of hydrogen-bond donors (Lipinski definition) is 1. The Kier molecular flexibility index (Phi) is 5.86. The van der Waals surface area contributed by atoms with Crippen molar-refractivity contribution in [1.29, 1.82) is 0 Å². The zero-order chi connectivity index (χ0) is 25.4. The van der Waals surface area contributed by atoms with Gasteiger partial charge in [0.25, 0.3) is 5.56 Å². The molecule has 0 unspecified atom stereocenters. The van der Waals surface area contributed by atoms with E-state index in [4.69, 9.17) is 0 Å². The van der Waals surface area contributed by atoms with Crippen molar-refractivity contribution in [3.8, 4) is 22.5 Å². The van der Waals surface area contributed by atoms with E-state index in [1.54, 1.807) is 0 Å². The summed E-state index contributed by atoms with van der Waals surface area (Å²) in [6.07, 6.45) is -3.58. The molecule has 0 aliphatic carbocycles. The van der Waals surface area contributed by atoms with Crippen LogP contribution in [-0.4, -0.2) is 39.7 Å². The van der Waals surface area contributed by atoms with E-state index in [-0.39, 0.29) is 17.7 Å². The quantitative estimate of drug-likeness (QED) is 0.383. The van der Waals surface area contributed by atoms with E-state index in [1.165, 1.54) is 11.6 Å². The third kappa shape index (κ3) is 4.14. The van der Waals surface area contributed by atoms with Gasteiger partial charge < -0.3 is 4.57 Å². The average molecular weight is 494 g/mol. The molecule has 184 valence electrons. The van der Waals surface area contributed by atoms with Crippen LogP contribution in [0.2, 0.25) is 0 Å². The maximum atomic E-state index is 13.4. The number of benzene rings is 2. The summed E-state index contributed by atoms with van der Waals surface area (Å²) in [7, 11) is 1.22. The van der Waals surface area contributed by atoms with E-state index in [0.29, 0.717) is 24.5 Å². The van der Waals surface area contributed by atoms with Crippen LogP contribution in [0.15, 0.2) is 53.3 Å². The first-order valence-corrected chi connectivity index (χ1v) is 11.2. The maximum absolute atomic E-state index is 13.4. The minimum atomic E-state index is -4.69. The summed E-state index contributed by atoms with van der Waals surface area (Å²) in [5.74, 6) is -0.261. The van der Waals surface area contributed by atoms with Gasteiger partial charge in [0.1, 0.15) is 5.82 Å². The summed E-state index contributed by atoms with van der Waals surface area (Å²) in [6, 6.07) is 15.2. The molecule has 12 heteroatoms. The molecule has 0 spiro atoms. The molecule has 3 heterocycles. The molecule has 0 radical (unpaired) electrons. The smallest absolute Gasteiger partial charge is 0.308 e. The monoisotopic (exact) mass is 494 g/mol. The van der Waals surface area contributed by atoms with Crippen molar-refractivity contribution in [2.45, 2.75) is 32.5 Å². The highest BCUT2D eigenvalue weighted by Crippen LogP contribution is 2.31. The second-order valence-corrected chi connectivity index (χ2v) is 8.31. The second kappa shape index (κ2) is 9.02. The van der Waals surface area contributed by atoms with Gasteiger partial charge in [-0.3, -0.25) is 9.36 Å². The Balaban J connectivity index is 1.53. The van der Waals surface area contributed by atoms with E-state index in [9.17, 15) is 18.0 Å². The minimum absolute atomic E-state index is 0.0690. The van der Waals surface area contributed by atoms with E-state index < -0.39 is 17.6 Å². The summed E-state index contributed by atoms with van der Waals surface area (Å²) in [4.78, 5) is 21.2. The first kappa shape index (κ1) is 23.4. The number of halogens is 3. The Morgan fingerprint density at radius 1 is 1.00 bits per heavy atom. The number of alkyl halides is 3. The summed E-state index contributed by atoms with van der Waals surface area (Å²) >= 11 is 0. The van der Waals surface area contributed by atoms with Crippen molar-refractivity contribution in [1.82, 2.24) is 39.7 Å². The number of aryl methyl sites for hydroxylation is 2. The average Bonchev–Trinajstić information content (AvgIpc) is 3.51. The lowest BCUT2D eigenvalue weighted by atomic mass is 9.98. The van der Waals surface area contributed by atoms with Crippen LogP contribution in [0.4, 0.5) is 13.2 Å². The zero-order valence-corrected chi connectivity index (χ0v) is 19.4. The largest absolute Gasteiger partial charge is 0.449 e. The fourth-order valence-corrected chi connectivity index (χ4v) is 4.20. The topological polar surface area (TPSA) is 107 Å². The molecule has 0 bridgehead atoms. The number of fused-ring (bicyclic) bond motifs is 1. The lowest BCUT2D eigenvalue weighted by Gasteiger charge is -2.13. The van der Waals surface area contributed by atoms with Crippen LogP contribution in [0.1, 0.15) is 30.6 Å². The van der Waals surface area contributed by atoms with Crippen LogP contribution in [0.25, 0.3) is 33.7 Å². The summed E-state index contributed by atoms with van der Waals surface area (Å²) in [5, 5.41) is 14.2. The number of nitrogens with one attached hydrogen (secondary N) is 1. The van der Waals surface area contributed by atoms with Gasteiger partial charge in [0.15, 0.2) is 11.2 Å². The summed E-state index contributed by atoms with van der Waals surface area (Å²) < 4.78 is 42.4. The molecule has 5 rings (SSSR count).